The van der Waals surface area contributed by atoms with Crippen LogP contribution in [0.4, 0.5) is 13.2 Å². The van der Waals surface area contributed by atoms with E-state index in [0.29, 0.717) is 24.4 Å². The highest BCUT2D eigenvalue weighted by molar-refractivity contribution is 7.70. The average molecular weight is 678 g/mol. The van der Waals surface area contributed by atoms with Crippen LogP contribution in [0, 0.1) is 0 Å². The number of hydrogen-bond donors (Lipinski definition) is 1. The zero-order chi connectivity index (χ0) is 34.6. The van der Waals surface area contributed by atoms with Crippen molar-refractivity contribution in [2.45, 2.75) is 63.3 Å². The number of nitrogens with two attached hydrogens (primary N) is 1. The summed E-state index contributed by atoms with van der Waals surface area (Å²) in [5.41, 5.74) is 9.37. The molecule has 0 unspecified atom stereocenters. The van der Waals surface area contributed by atoms with E-state index < -0.39 is 24.7 Å². The minimum absolute atomic E-state index is 0.0381. The van der Waals surface area contributed by atoms with Crippen molar-refractivity contribution in [2.24, 2.45) is 12.8 Å². The Labute approximate surface area is 277 Å². The van der Waals surface area contributed by atoms with E-state index in [1.165, 1.54) is 25.5 Å². The van der Waals surface area contributed by atoms with Gasteiger partial charge in [-0.15, -0.1) is 13.2 Å². The molecule has 0 spiro atoms. The van der Waals surface area contributed by atoms with Crippen LogP contribution in [0.1, 0.15) is 62.7 Å². The number of rotatable bonds is 8. The van der Waals surface area contributed by atoms with Crippen molar-refractivity contribution in [3.8, 4) is 28.4 Å². The molecule has 1 amide bonds. The number of halogens is 3. The Morgan fingerprint density at radius 2 is 1.69 bits per heavy atom. The highest BCUT2D eigenvalue weighted by Crippen LogP contribution is 2.51. The first-order chi connectivity index (χ1) is 22.7. The SMILES string of the molecule is CC.Cn1c(-c2ccc(P(C)(C)=O)cc2OC(F)(F)F)nc(-c2cccc3nn(C4CC(C(N)=O)(c5ccccc5)C4)cc23)c1C1CC1. The van der Waals surface area contributed by atoms with Crippen LogP contribution in [0.2, 0.25) is 0 Å². The first kappa shape index (κ1) is 33.5. The van der Waals surface area contributed by atoms with Crippen LogP contribution >= 0.6 is 7.14 Å². The molecule has 0 saturated heterocycles. The number of aromatic nitrogens is 4. The Morgan fingerprint density at radius 1 is 1.00 bits per heavy atom. The minimum Gasteiger partial charge on any atom is -0.405 e. The third kappa shape index (κ3) is 6.04. The lowest BCUT2D eigenvalue weighted by atomic mass is 9.61. The van der Waals surface area contributed by atoms with Gasteiger partial charge < -0.3 is 19.6 Å². The van der Waals surface area contributed by atoms with E-state index in [4.69, 9.17) is 15.8 Å². The molecule has 2 N–H and O–H groups in total. The summed E-state index contributed by atoms with van der Waals surface area (Å²) in [5.74, 6) is -0.270. The second-order valence-corrected chi connectivity index (χ2v) is 16.0. The van der Waals surface area contributed by atoms with E-state index in [1.54, 1.807) is 13.1 Å². The summed E-state index contributed by atoms with van der Waals surface area (Å²) in [6.45, 7) is 7.01. The van der Waals surface area contributed by atoms with E-state index in [1.807, 2.05) is 77.8 Å². The lowest BCUT2D eigenvalue weighted by Crippen LogP contribution is -2.51. The first-order valence-electron chi connectivity index (χ1n) is 16.1. The zero-order valence-electron chi connectivity index (χ0n) is 27.6. The summed E-state index contributed by atoms with van der Waals surface area (Å²) in [4.78, 5) is 17.6. The molecule has 2 aliphatic rings. The monoisotopic (exact) mass is 677 g/mol. The van der Waals surface area contributed by atoms with Crippen molar-refractivity contribution < 1.29 is 27.3 Å². The number of amides is 1. The second-order valence-electron chi connectivity index (χ2n) is 12.8. The molecule has 7 rings (SSSR count). The molecular formula is C36H39F3N5O3P. The van der Waals surface area contributed by atoms with Gasteiger partial charge in [-0.05, 0) is 62.8 Å². The maximum Gasteiger partial charge on any atom is 0.573 e. The highest BCUT2D eigenvalue weighted by Gasteiger charge is 2.51. The van der Waals surface area contributed by atoms with Crippen molar-refractivity contribution in [3.63, 3.8) is 0 Å². The van der Waals surface area contributed by atoms with Gasteiger partial charge in [0.05, 0.1) is 28.2 Å². The Hall–Kier alpha value is -4.37. The second kappa shape index (κ2) is 12.3. The molecule has 2 aromatic heterocycles. The van der Waals surface area contributed by atoms with Crippen molar-refractivity contribution in [1.82, 2.24) is 19.3 Å². The van der Waals surface area contributed by atoms with E-state index in [-0.39, 0.29) is 28.7 Å². The number of carbonyl (C=O) groups is 1. The fourth-order valence-electron chi connectivity index (χ4n) is 6.74. The molecule has 0 bridgehead atoms. The number of carbonyl (C=O) groups excluding carboxylic acids is 1. The van der Waals surface area contributed by atoms with Gasteiger partial charge in [-0.25, -0.2) is 4.98 Å². The van der Waals surface area contributed by atoms with E-state index in [0.717, 1.165) is 40.6 Å². The normalized spacial score (nSPS) is 19.4. The molecule has 8 nitrogen and oxygen atoms in total. The predicted molar refractivity (Wildman–Crippen MR) is 182 cm³/mol. The number of primary amides is 1. The van der Waals surface area contributed by atoms with Gasteiger partial charge >= 0.3 is 6.36 Å². The fourth-order valence-corrected chi connectivity index (χ4v) is 7.60. The summed E-state index contributed by atoms with van der Waals surface area (Å²) >= 11 is 0. The molecule has 2 fully saturated rings. The van der Waals surface area contributed by atoms with Crippen molar-refractivity contribution in [3.05, 3.63) is 84.2 Å². The predicted octanol–water partition coefficient (Wildman–Crippen LogP) is 7.91. The number of nitrogens with zero attached hydrogens (tertiary/aromatic N) is 4. The first-order valence-corrected chi connectivity index (χ1v) is 18.7. The maximum absolute atomic E-state index is 13.6. The molecule has 2 aliphatic carbocycles. The summed E-state index contributed by atoms with van der Waals surface area (Å²) < 4.78 is 61.6. The molecular weight excluding hydrogens is 638 g/mol. The van der Waals surface area contributed by atoms with Crippen LogP contribution in [-0.2, 0) is 21.8 Å². The average Bonchev–Trinajstić information content (AvgIpc) is 3.66. The molecule has 0 aliphatic heterocycles. The van der Waals surface area contributed by atoms with Gasteiger partial charge in [-0.2, -0.15) is 5.10 Å². The number of hydrogen-bond acceptors (Lipinski definition) is 5. The molecule has 2 heterocycles. The van der Waals surface area contributed by atoms with Crippen molar-refractivity contribution >= 4 is 29.3 Å². The van der Waals surface area contributed by atoms with Gasteiger partial charge in [-0.3, -0.25) is 9.48 Å². The van der Waals surface area contributed by atoms with Crippen molar-refractivity contribution in [2.75, 3.05) is 13.3 Å². The molecule has 48 heavy (non-hydrogen) atoms. The topological polar surface area (TPSA) is 105 Å². The molecule has 12 heteroatoms. The third-order valence-electron chi connectivity index (χ3n) is 9.32. The van der Waals surface area contributed by atoms with Gasteiger partial charge in [-0.1, -0.05) is 62.4 Å². The number of alkyl halides is 3. The smallest absolute Gasteiger partial charge is 0.405 e. The van der Waals surface area contributed by atoms with Crippen LogP contribution in [0.25, 0.3) is 33.5 Å². The Bertz CT molecular complexity index is 2040. The van der Waals surface area contributed by atoms with E-state index in [9.17, 15) is 22.5 Å². The third-order valence-corrected chi connectivity index (χ3v) is 10.8. The van der Waals surface area contributed by atoms with Crippen LogP contribution in [0.5, 0.6) is 5.75 Å². The van der Waals surface area contributed by atoms with Crippen LogP contribution in [0.15, 0.2) is 72.9 Å². The van der Waals surface area contributed by atoms with Gasteiger partial charge in [0, 0.05) is 41.1 Å². The molecule has 2 saturated carbocycles. The molecule has 252 valence electrons. The fraction of sp³-hybridized carbons (Fsp3) is 0.361. The number of ether oxygens (including phenoxy) is 1. The van der Waals surface area contributed by atoms with Gasteiger partial charge in [0.2, 0.25) is 5.91 Å². The largest absolute Gasteiger partial charge is 0.573 e. The summed E-state index contributed by atoms with van der Waals surface area (Å²) in [7, 11) is -1.06. The Morgan fingerprint density at radius 3 is 2.29 bits per heavy atom. The van der Waals surface area contributed by atoms with Crippen LogP contribution in [-0.4, -0.2) is 44.9 Å². The molecule has 0 atom stereocenters. The van der Waals surface area contributed by atoms with E-state index >= 15 is 0 Å². The molecule has 0 radical (unpaired) electrons. The highest BCUT2D eigenvalue weighted by atomic mass is 31.2. The lowest BCUT2D eigenvalue weighted by Gasteiger charge is -2.45. The standard InChI is InChI=1S/C34H33F3N5O3P.C2H6/c1-41-30(20-12-13-20)29(39-31(41)25-15-14-23(46(2,3)44)16-28(25)45-34(35,36)37)24-10-7-11-27-26(24)19-42(40-27)22-17-33(18-22,32(38)43)21-8-5-4-6-9-21;1-2/h4-11,14-16,19-20,22H,12-13,17-18H2,1-3H3,(H2,38,43);1-2H3. The Balaban J connectivity index is 0.00000197. The molecule has 3 aromatic carbocycles. The van der Waals surface area contributed by atoms with Crippen LogP contribution in [0.3, 0.4) is 0 Å². The minimum atomic E-state index is -4.94. The zero-order valence-corrected chi connectivity index (χ0v) is 28.5. The summed E-state index contributed by atoms with van der Waals surface area (Å²) in [6, 6.07) is 19.6. The van der Waals surface area contributed by atoms with E-state index in [2.05, 4.69) is 4.74 Å². The maximum atomic E-state index is 13.6. The van der Waals surface area contributed by atoms with Crippen molar-refractivity contribution in [1.29, 1.82) is 0 Å². The number of benzene rings is 3. The lowest BCUT2D eigenvalue weighted by molar-refractivity contribution is -0.274. The quantitative estimate of drug-likeness (QED) is 0.168. The van der Waals surface area contributed by atoms with Gasteiger partial charge in [0.25, 0.3) is 0 Å². The number of imidazole rings is 1. The van der Waals surface area contributed by atoms with Gasteiger partial charge in [0.1, 0.15) is 18.7 Å². The Kier molecular flexibility index (Phi) is 8.56. The van der Waals surface area contributed by atoms with Crippen LogP contribution < -0.4 is 15.8 Å². The summed E-state index contributed by atoms with van der Waals surface area (Å²) in [6.07, 6.45) is -0.0482. The summed E-state index contributed by atoms with van der Waals surface area (Å²) in [5, 5.41) is 6.00. The molecule has 5 aromatic rings. The van der Waals surface area contributed by atoms with Gasteiger partial charge in [0.15, 0.2) is 0 Å². The number of fused-ring (bicyclic) bond motifs is 1.